The highest BCUT2D eigenvalue weighted by molar-refractivity contribution is 7.89. The number of hydrogen-bond acceptors (Lipinski definition) is 7. The van der Waals surface area contributed by atoms with Crippen LogP contribution in [0.15, 0.2) is 39.9 Å². The van der Waals surface area contributed by atoms with Crippen molar-refractivity contribution in [3.63, 3.8) is 0 Å². The fourth-order valence-electron chi connectivity index (χ4n) is 2.44. The molecule has 1 aliphatic rings. The molecule has 2 N–H and O–H groups in total. The fraction of sp³-hybridized carbons (Fsp3) is 0.235. The van der Waals surface area contributed by atoms with E-state index in [1.165, 1.54) is 23.5 Å². The molecule has 0 bridgehead atoms. The Morgan fingerprint density at radius 2 is 2.04 bits per heavy atom. The number of aromatic nitrogens is 2. The molecule has 2 heterocycles. The topological polar surface area (TPSA) is 101 Å². The number of aryl methyl sites for hydroxylation is 1. The Hall–Kier alpha value is -2.14. The molecule has 27 heavy (non-hydrogen) atoms. The van der Waals surface area contributed by atoms with Crippen molar-refractivity contribution in [2.75, 3.05) is 5.32 Å². The Bertz CT molecular complexity index is 1090. The summed E-state index contributed by atoms with van der Waals surface area (Å²) in [6.45, 7) is 1.76. The molecule has 10 heteroatoms. The lowest BCUT2D eigenvalue weighted by Gasteiger charge is -2.10. The van der Waals surface area contributed by atoms with E-state index in [0.29, 0.717) is 21.3 Å². The van der Waals surface area contributed by atoms with Crippen molar-refractivity contribution in [1.82, 2.24) is 14.9 Å². The van der Waals surface area contributed by atoms with Crippen LogP contribution in [0.2, 0.25) is 0 Å². The van der Waals surface area contributed by atoms with E-state index in [9.17, 15) is 13.2 Å². The second-order valence-electron chi connectivity index (χ2n) is 6.25. The van der Waals surface area contributed by atoms with Gasteiger partial charge in [0.1, 0.15) is 5.01 Å². The fourth-order valence-corrected chi connectivity index (χ4v) is 5.22. The number of nitrogens with one attached hydrogen (secondary N) is 2. The minimum Gasteiger partial charge on any atom is -0.296 e. The van der Waals surface area contributed by atoms with Crippen molar-refractivity contribution in [2.45, 2.75) is 30.7 Å². The van der Waals surface area contributed by atoms with Crippen molar-refractivity contribution in [3.05, 3.63) is 46.2 Å². The van der Waals surface area contributed by atoms with Gasteiger partial charge in [-0.2, -0.15) is 11.3 Å². The monoisotopic (exact) mass is 420 g/mol. The molecular weight excluding hydrogens is 404 g/mol. The standard InChI is InChI=1S/C17H16N4O3S3/c1-10-2-5-13(27(23,24)21-12-3-4-12)8-14(10)15(22)18-17-20-19-16(26-17)11-6-7-25-9-11/h2,5-9,12,21H,3-4H2,1H3,(H,18,20,22). The predicted molar refractivity (Wildman–Crippen MR) is 106 cm³/mol. The van der Waals surface area contributed by atoms with E-state index in [1.807, 2.05) is 16.8 Å². The van der Waals surface area contributed by atoms with Gasteiger partial charge in [0.05, 0.1) is 4.90 Å². The Morgan fingerprint density at radius 1 is 1.22 bits per heavy atom. The van der Waals surface area contributed by atoms with Crippen LogP contribution in [0.25, 0.3) is 10.6 Å². The Morgan fingerprint density at radius 3 is 2.74 bits per heavy atom. The molecule has 1 aliphatic carbocycles. The van der Waals surface area contributed by atoms with E-state index in [1.54, 1.807) is 24.3 Å². The first-order valence-corrected chi connectivity index (χ1v) is 11.5. The summed E-state index contributed by atoms with van der Waals surface area (Å²) in [7, 11) is -3.62. The first kappa shape index (κ1) is 18.2. The van der Waals surface area contributed by atoms with Crippen LogP contribution in [0, 0.1) is 6.92 Å². The average Bonchev–Trinajstić information content (AvgIpc) is 3.10. The van der Waals surface area contributed by atoms with Crippen LogP contribution >= 0.6 is 22.7 Å². The quantitative estimate of drug-likeness (QED) is 0.637. The second-order valence-corrected chi connectivity index (χ2v) is 9.72. The summed E-state index contributed by atoms with van der Waals surface area (Å²) in [4.78, 5) is 12.7. The average molecular weight is 421 g/mol. The molecular formula is C17H16N4O3S3. The van der Waals surface area contributed by atoms with Gasteiger partial charge in [0, 0.05) is 22.5 Å². The largest absolute Gasteiger partial charge is 0.296 e. The van der Waals surface area contributed by atoms with E-state index in [-0.39, 0.29) is 10.9 Å². The molecule has 0 radical (unpaired) electrons. The van der Waals surface area contributed by atoms with Gasteiger partial charge >= 0.3 is 0 Å². The Labute approximate surface area is 164 Å². The molecule has 3 aromatic rings. The second kappa shape index (κ2) is 7.12. The summed E-state index contributed by atoms with van der Waals surface area (Å²) in [6, 6.07) is 6.48. The lowest BCUT2D eigenvalue weighted by molar-refractivity contribution is 0.102. The number of rotatable bonds is 6. The maximum absolute atomic E-state index is 12.7. The number of carbonyl (C=O) groups is 1. The lowest BCUT2D eigenvalue weighted by atomic mass is 10.1. The molecule has 4 rings (SSSR count). The van der Waals surface area contributed by atoms with Gasteiger partial charge in [0.2, 0.25) is 15.2 Å². The van der Waals surface area contributed by atoms with Crippen LogP contribution in [0.3, 0.4) is 0 Å². The van der Waals surface area contributed by atoms with Crippen LogP contribution in [-0.2, 0) is 10.0 Å². The third kappa shape index (κ3) is 4.08. The summed E-state index contributed by atoms with van der Waals surface area (Å²) < 4.78 is 27.4. The third-order valence-corrected chi connectivity index (χ3v) is 7.17. The van der Waals surface area contributed by atoms with Crippen molar-refractivity contribution < 1.29 is 13.2 Å². The highest BCUT2D eigenvalue weighted by atomic mass is 32.2. The molecule has 2 aromatic heterocycles. The van der Waals surface area contributed by atoms with Gasteiger partial charge in [-0.1, -0.05) is 17.4 Å². The van der Waals surface area contributed by atoms with Gasteiger partial charge in [-0.15, -0.1) is 10.2 Å². The van der Waals surface area contributed by atoms with Gasteiger partial charge in [0.25, 0.3) is 5.91 Å². The molecule has 7 nitrogen and oxygen atoms in total. The van der Waals surface area contributed by atoms with Crippen molar-refractivity contribution >= 4 is 43.7 Å². The number of nitrogens with zero attached hydrogens (tertiary/aromatic N) is 2. The summed E-state index contributed by atoms with van der Waals surface area (Å²) in [6.07, 6.45) is 1.70. The van der Waals surface area contributed by atoms with E-state index in [0.717, 1.165) is 18.4 Å². The van der Waals surface area contributed by atoms with E-state index >= 15 is 0 Å². The molecule has 0 aliphatic heterocycles. The number of sulfonamides is 1. The van der Waals surface area contributed by atoms with Crippen LogP contribution in [-0.4, -0.2) is 30.6 Å². The molecule has 0 atom stereocenters. The first-order chi connectivity index (χ1) is 12.9. The summed E-state index contributed by atoms with van der Waals surface area (Å²) >= 11 is 2.83. The predicted octanol–water partition coefficient (Wildman–Crippen LogP) is 3.27. The summed E-state index contributed by atoms with van der Waals surface area (Å²) in [5.74, 6) is -0.413. The highest BCUT2D eigenvalue weighted by Crippen LogP contribution is 2.28. The zero-order valence-corrected chi connectivity index (χ0v) is 16.7. The maximum Gasteiger partial charge on any atom is 0.257 e. The molecule has 0 unspecified atom stereocenters. The van der Waals surface area contributed by atoms with Crippen molar-refractivity contribution in [3.8, 4) is 10.6 Å². The number of thiophene rings is 1. The van der Waals surface area contributed by atoms with E-state index in [4.69, 9.17) is 0 Å². The van der Waals surface area contributed by atoms with Gasteiger partial charge in [0.15, 0.2) is 0 Å². The number of anilines is 1. The van der Waals surface area contributed by atoms with Crippen molar-refractivity contribution in [1.29, 1.82) is 0 Å². The minimum absolute atomic E-state index is 0.00509. The Kier molecular flexibility index (Phi) is 4.81. The zero-order chi connectivity index (χ0) is 19.0. The Balaban J connectivity index is 1.55. The third-order valence-electron chi connectivity index (χ3n) is 4.08. The van der Waals surface area contributed by atoms with Gasteiger partial charge in [-0.05, 0) is 48.9 Å². The number of hydrogen-bond donors (Lipinski definition) is 2. The normalized spacial score (nSPS) is 14.3. The maximum atomic E-state index is 12.7. The molecule has 1 fully saturated rings. The zero-order valence-electron chi connectivity index (χ0n) is 14.3. The molecule has 0 saturated heterocycles. The van der Waals surface area contributed by atoms with Crippen LogP contribution in [0.1, 0.15) is 28.8 Å². The number of benzene rings is 1. The van der Waals surface area contributed by atoms with Crippen LogP contribution in [0.4, 0.5) is 5.13 Å². The highest BCUT2D eigenvalue weighted by Gasteiger charge is 2.28. The van der Waals surface area contributed by atoms with Gasteiger partial charge in [-0.25, -0.2) is 13.1 Å². The van der Waals surface area contributed by atoms with Gasteiger partial charge < -0.3 is 0 Å². The van der Waals surface area contributed by atoms with Crippen LogP contribution < -0.4 is 10.0 Å². The van der Waals surface area contributed by atoms with Gasteiger partial charge in [-0.3, -0.25) is 10.1 Å². The first-order valence-electron chi connectivity index (χ1n) is 8.23. The number of carbonyl (C=O) groups excluding carboxylic acids is 1. The number of amides is 1. The SMILES string of the molecule is Cc1ccc(S(=O)(=O)NC2CC2)cc1C(=O)Nc1nnc(-c2ccsc2)s1. The van der Waals surface area contributed by atoms with Crippen molar-refractivity contribution in [2.24, 2.45) is 0 Å². The molecule has 1 saturated carbocycles. The molecule has 0 spiro atoms. The van der Waals surface area contributed by atoms with E-state index in [2.05, 4.69) is 20.2 Å². The van der Waals surface area contributed by atoms with Crippen LogP contribution in [0.5, 0.6) is 0 Å². The smallest absolute Gasteiger partial charge is 0.257 e. The molecule has 1 aromatic carbocycles. The molecule has 1 amide bonds. The van der Waals surface area contributed by atoms with E-state index < -0.39 is 15.9 Å². The minimum atomic E-state index is -3.62. The molecule has 140 valence electrons. The lowest BCUT2D eigenvalue weighted by Crippen LogP contribution is -2.26. The summed E-state index contributed by atoms with van der Waals surface area (Å²) in [5, 5.41) is 15.8. The summed E-state index contributed by atoms with van der Waals surface area (Å²) in [5.41, 5.74) is 1.93.